The molecule has 1 saturated heterocycles. The molecule has 1 aromatic carbocycles. The zero-order chi connectivity index (χ0) is 11.7. The third-order valence-corrected chi connectivity index (χ3v) is 3.54. The van der Waals surface area contributed by atoms with Gasteiger partial charge >= 0.3 is 0 Å². The van der Waals surface area contributed by atoms with E-state index in [0.717, 1.165) is 12.1 Å². The largest absolute Gasteiger partial charge is 0.326 e. The maximum Gasteiger partial charge on any atom is 0.228 e. The van der Waals surface area contributed by atoms with Gasteiger partial charge < -0.3 is 10.6 Å². The number of halogens is 1. The van der Waals surface area contributed by atoms with Gasteiger partial charge in [0.25, 0.3) is 0 Å². The van der Waals surface area contributed by atoms with Crippen molar-refractivity contribution in [1.82, 2.24) is 0 Å². The summed E-state index contributed by atoms with van der Waals surface area (Å²) < 4.78 is 1.20. The smallest absolute Gasteiger partial charge is 0.228 e. The number of nitrogens with zero attached hydrogens (tertiary/aromatic N) is 1. The number of amides is 1. The average molecular weight is 330 g/mol. The average Bonchev–Trinajstić information content (AvgIpc) is 2.57. The number of carbonyl (C=O) groups excluding carboxylic acids is 1. The van der Waals surface area contributed by atoms with Crippen LogP contribution in [0.25, 0.3) is 0 Å². The molecule has 0 aromatic heterocycles. The molecule has 16 heavy (non-hydrogen) atoms. The van der Waals surface area contributed by atoms with E-state index in [1.165, 1.54) is 9.13 Å². The summed E-state index contributed by atoms with van der Waals surface area (Å²) in [7, 11) is 0. The Hall–Kier alpha value is -0.620. The maximum absolute atomic E-state index is 11.8. The minimum absolute atomic E-state index is 0.0171. The van der Waals surface area contributed by atoms with Gasteiger partial charge in [-0.25, -0.2) is 0 Å². The molecule has 1 aromatic rings. The fourth-order valence-corrected chi connectivity index (χ4v) is 2.62. The van der Waals surface area contributed by atoms with E-state index < -0.39 is 0 Å². The Morgan fingerprint density at radius 1 is 1.56 bits per heavy atom. The summed E-state index contributed by atoms with van der Waals surface area (Å²) >= 11 is 2.29. The molecule has 2 N–H and O–H groups in total. The van der Waals surface area contributed by atoms with E-state index in [1.807, 2.05) is 17.0 Å². The number of carbonyl (C=O) groups is 1. The van der Waals surface area contributed by atoms with Crippen LogP contribution < -0.4 is 10.6 Å². The van der Waals surface area contributed by atoms with Gasteiger partial charge in [0, 0.05) is 28.3 Å². The van der Waals surface area contributed by atoms with Crippen LogP contribution in [0, 0.1) is 3.57 Å². The number of hydrogen-bond donors (Lipinski definition) is 1. The van der Waals surface area contributed by atoms with Crippen molar-refractivity contribution < 1.29 is 4.79 Å². The zero-order valence-corrected chi connectivity index (χ0v) is 11.4. The summed E-state index contributed by atoms with van der Waals surface area (Å²) in [6.07, 6.45) is 1.40. The van der Waals surface area contributed by atoms with Crippen molar-refractivity contribution in [3.8, 4) is 0 Å². The lowest BCUT2D eigenvalue weighted by Gasteiger charge is -2.19. The highest BCUT2D eigenvalue weighted by Gasteiger charge is 2.29. The minimum Gasteiger partial charge on any atom is -0.326 e. The van der Waals surface area contributed by atoms with Crippen LogP contribution in [-0.2, 0) is 11.2 Å². The standard InChI is InChI=1S/C12H15IN2O/c1-2-8-5-9(13)3-4-11(8)15-7-10(14)6-12(15)16/h3-5,10H,2,6-7,14H2,1H3. The van der Waals surface area contributed by atoms with E-state index in [0.29, 0.717) is 13.0 Å². The van der Waals surface area contributed by atoms with Crippen molar-refractivity contribution in [2.45, 2.75) is 25.8 Å². The van der Waals surface area contributed by atoms with Crippen LogP contribution in [0.5, 0.6) is 0 Å². The third kappa shape index (κ3) is 2.22. The van der Waals surface area contributed by atoms with Crippen LogP contribution in [0.1, 0.15) is 18.9 Å². The van der Waals surface area contributed by atoms with E-state index in [9.17, 15) is 4.79 Å². The van der Waals surface area contributed by atoms with Crippen LogP contribution in [0.15, 0.2) is 18.2 Å². The van der Waals surface area contributed by atoms with Gasteiger partial charge in [-0.15, -0.1) is 0 Å². The summed E-state index contributed by atoms with van der Waals surface area (Å²) in [5.74, 6) is 0.142. The lowest BCUT2D eigenvalue weighted by molar-refractivity contribution is -0.117. The van der Waals surface area contributed by atoms with Crippen molar-refractivity contribution in [2.75, 3.05) is 11.4 Å². The fourth-order valence-electron chi connectivity index (χ4n) is 2.07. The summed E-state index contributed by atoms with van der Waals surface area (Å²) in [5.41, 5.74) is 8.06. The lowest BCUT2D eigenvalue weighted by atomic mass is 10.1. The first-order chi connectivity index (χ1) is 7.61. The second kappa shape index (κ2) is 4.71. The van der Waals surface area contributed by atoms with Gasteiger partial charge in [0.15, 0.2) is 0 Å². The summed E-state index contributed by atoms with van der Waals surface area (Å²) in [5, 5.41) is 0. The maximum atomic E-state index is 11.8. The molecule has 0 spiro atoms. The van der Waals surface area contributed by atoms with Crippen LogP contribution in [0.2, 0.25) is 0 Å². The van der Waals surface area contributed by atoms with Gasteiger partial charge in [-0.05, 0) is 52.8 Å². The van der Waals surface area contributed by atoms with Crippen LogP contribution in [0.3, 0.4) is 0 Å². The van der Waals surface area contributed by atoms with Crippen LogP contribution in [0.4, 0.5) is 5.69 Å². The summed E-state index contributed by atoms with van der Waals surface area (Å²) in [6, 6.07) is 6.17. The topological polar surface area (TPSA) is 46.3 Å². The molecule has 1 fully saturated rings. The van der Waals surface area contributed by atoms with Crippen molar-refractivity contribution in [3.05, 3.63) is 27.3 Å². The van der Waals surface area contributed by atoms with E-state index in [4.69, 9.17) is 5.73 Å². The van der Waals surface area contributed by atoms with E-state index in [2.05, 4.69) is 35.6 Å². The number of benzene rings is 1. The Balaban J connectivity index is 2.36. The number of hydrogen-bond acceptors (Lipinski definition) is 2. The Labute approximate surface area is 109 Å². The van der Waals surface area contributed by atoms with Gasteiger partial charge in [-0.3, -0.25) is 4.79 Å². The van der Waals surface area contributed by atoms with Gasteiger partial charge in [-0.1, -0.05) is 6.92 Å². The zero-order valence-electron chi connectivity index (χ0n) is 9.24. The second-order valence-corrected chi connectivity index (χ2v) is 5.34. The number of aryl methyl sites for hydroxylation is 1. The number of rotatable bonds is 2. The van der Waals surface area contributed by atoms with Gasteiger partial charge in [0.2, 0.25) is 5.91 Å². The molecule has 1 aliphatic rings. The molecule has 0 aliphatic carbocycles. The minimum atomic E-state index is -0.0171. The molecule has 1 atom stereocenters. The van der Waals surface area contributed by atoms with Crippen LogP contribution >= 0.6 is 22.6 Å². The Morgan fingerprint density at radius 2 is 2.31 bits per heavy atom. The Kier molecular flexibility index (Phi) is 3.49. The predicted molar refractivity (Wildman–Crippen MR) is 73.5 cm³/mol. The van der Waals surface area contributed by atoms with E-state index in [1.54, 1.807) is 0 Å². The van der Waals surface area contributed by atoms with E-state index >= 15 is 0 Å². The normalized spacial score (nSPS) is 20.6. The monoisotopic (exact) mass is 330 g/mol. The van der Waals surface area contributed by atoms with Crippen molar-refractivity contribution in [3.63, 3.8) is 0 Å². The highest BCUT2D eigenvalue weighted by molar-refractivity contribution is 14.1. The Morgan fingerprint density at radius 3 is 2.88 bits per heavy atom. The highest BCUT2D eigenvalue weighted by Crippen LogP contribution is 2.27. The van der Waals surface area contributed by atoms with Crippen LogP contribution in [-0.4, -0.2) is 18.5 Å². The first-order valence-electron chi connectivity index (χ1n) is 5.46. The number of anilines is 1. The third-order valence-electron chi connectivity index (χ3n) is 2.87. The quantitative estimate of drug-likeness (QED) is 0.842. The Bertz CT molecular complexity index is 419. The molecule has 1 heterocycles. The number of nitrogens with two attached hydrogens (primary N) is 1. The molecule has 1 amide bonds. The van der Waals surface area contributed by atoms with Gasteiger partial charge in [0.1, 0.15) is 0 Å². The first-order valence-corrected chi connectivity index (χ1v) is 6.54. The first kappa shape index (κ1) is 11.9. The molecule has 0 bridgehead atoms. The molecular formula is C12H15IN2O. The highest BCUT2D eigenvalue weighted by atomic mass is 127. The molecule has 86 valence electrons. The molecule has 1 unspecified atom stereocenters. The molecular weight excluding hydrogens is 315 g/mol. The second-order valence-electron chi connectivity index (χ2n) is 4.10. The fraction of sp³-hybridized carbons (Fsp3) is 0.417. The van der Waals surface area contributed by atoms with Crippen molar-refractivity contribution in [2.24, 2.45) is 5.73 Å². The molecule has 4 heteroatoms. The van der Waals surface area contributed by atoms with Crippen molar-refractivity contribution >= 4 is 34.2 Å². The summed E-state index contributed by atoms with van der Waals surface area (Å²) in [6.45, 7) is 2.75. The summed E-state index contributed by atoms with van der Waals surface area (Å²) in [4.78, 5) is 13.6. The molecule has 3 nitrogen and oxygen atoms in total. The lowest BCUT2D eigenvalue weighted by Crippen LogP contribution is -2.28. The SMILES string of the molecule is CCc1cc(I)ccc1N1CC(N)CC1=O. The molecule has 0 saturated carbocycles. The molecule has 0 radical (unpaired) electrons. The van der Waals surface area contributed by atoms with E-state index in [-0.39, 0.29) is 11.9 Å². The predicted octanol–water partition coefficient (Wildman–Crippen LogP) is 1.92. The molecule has 2 rings (SSSR count). The van der Waals surface area contributed by atoms with Gasteiger partial charge in [0.05, 0.1) is 0 Å². The van der Waals surface area contributed by atoms with Gasteiger partial charge in [-0.2, -0.15) is 0 Å². The molecule has 1 aliphatic heterocycles. The van der Waals surface area contributed by atoms with Crippen molar-refractivity contribution in [1.29, 1.82) is 0 Å².